The molecule has 1 aliphatic rings. The van der Waals surface area contributed by atoms with Crippen LogP contribution in [-0.2, 0) is 17.7 Å². The molecule has 1 N–H and O–H groups in total. The number of hydrogen-bond donors (Lipinski definition) is 1. The molecule has 26 heavy (non-hydrogen) atoms. The van der Waals surface area contributed by atoms with Gasteiger partial charge in [-0.05, 0) is 45.0 Å². The Labute approximate surface area is 159 Å². The van der Waals surface area contributed by atoms with Gasteiger partial charge in [0.1, 0.15) is 5.60 Å². The number of fused-ring (bicyclic) bond motifs is 1. The van der Waals surface area contributed by atoms with Crippen LogP contribution in [0.5, 0.6) is 0 Å². The summed E-state index contributed by atoms with van der Waals surface area (Å²) in [5, 5.41) is 13.8. The van der Waals surface area contributed by atoms with Gasteiger partial charge in [0.2, 0.25) is 0 Å². The Kier molecular flexibility index (Phi) is 4.79. The van der Waals surface area contributed by atoms with E-state index in [0.717, 1.165) is 15.9 Å². The number of rotatable bonds is 2. The normalized spacial score (nSPS) is 14.1. The number of aromatic nitrogens is 2. The number of ether oxygens (including phenoxy) is 1. The van der Waals surface area contributed by atoms with E-state index in [1.807, 2.05) is 24.3 Å². The Morgan fingerprint density at radius 1 is 1.23 bits per heavy atom. The molecule has 7 nitrogen and oxygen atoms in total. The SMILES string of the molecule is CC(C)(C)OC(=O)N1CCc2c(c(C(=O)O)nn2-c2ccc(Br)cc2)C1. The van der Waals surface area contributed by atoms with Crippen LogP contribution in [0.4, 0.5) is 4.79 Å². The number of carbonyl (C=O) groups is 2. The van der Waals surface area contributed by atoms with Gasteiger partial charge < -0.3 is 14.7 Å². The molecule has 0 saturated carbocycles. The molecular formula is C18H20BrN3O4. The summed E-state index contributed by atoms with van der Waals surface area (Å²) in [6, 6.07) is 7.48. The van der Waals surface area contributed by atoms with Crippen LogP contribution in [0.2, 0.25) is 0 Å². The van der Waals surface area contributed by atoms with Gasteiger partial charge in [-0.1, -0.05) is 15.9 Å². The first kappa shape index (κ1) is 18.4. The minimum Gasteiger partial charge on any atom is -0.476 e. The summed E-state index contributed by atoms with van der Waals surface area (Å²) in [5.41, 5.74) is 1.51. The monoisotopic (exact) mass is 421 g/mol. The van der Waals surface area contributed by atoms with Crippen LogP contribution >= 0.6 is 15.9 Å². The molecule has 0 fully saturated rings. The van der Waals surface area contributed by atoms with Gasteiger partial charge in [0, 0.05) is 23.0 Å². The second-order valence-corrected chi connectivity index (χ2v) is 8.03. The zero-order valence-corrected chi connectivity index (χ0v) is 16.4. The lowest BCUT2D eigenvalue weighted by Gasteiger charge is -2.30. The molecule has 0 bridgehead atoms. The topological polar surface area (TPSA) is 84.7 Å². The number of carbonyl (C=O) groups excluding carboxylic acids is 1. The maximum Gasteiger partial charge on any atom is 0.410 e. The Morgan fingerprint density at radius 3 is 2.46 bits per heavy atom. The van der Waals surface area contributed by atoms with Gasteiger partial charge in [-0.15, -0.1) is 0 Å². The Balaban J connectivity index is 1.96. The van der Waals surface area contributed by atoms with Crippen LogP contribution in [0, 0.1) is 0 Å². The number of carboxylic acids is 1. The van der Waals surface area contributed by atoms with Gasteiger partial charge in [-0.3, -0.25) is 0 Å². The fraction of sp³-hybridized carbons (Fsp3) is 0.389. The Bertz CT molecular complexity index is 853. The van der Waals surface area contributed by atoms with E-state index in [1.54, 1.807) is 25.5 Å². The maximum absolute atomic E-state index is 12.3. The molecule has 2 aromatic rings. The fourth-order valence-electron chi connectivity index (χ4n) is 2.87. The smallest absolute Gasteiger partial charge is 0.410 e. The average molecular weight is 422 g/mol. The van der Waals surface area contributed by atoms with E-state index in [9.17, 15) is 14.7 Å². The fourth-order valence-corrected chi connectivity index (χ4v) is 3.13. The van der Waals surface area contributed by atoms with Crippen LogP contribution in [0.1, 0.15) is 42.5 Å². The summed E-state index contributed by atoms with van der Waals surface area (Å²) < 4.78 is 7.98. The molecule has 3 rings (SSSR count). The van der Waals surface area contributed by atoms with E-state index >= 15 is 0 Å². The third-order valence-electron chi connectivity index (χ3n) is 3.98. The van der Waals surface area contributed by atoms with Crippen molar-refractivity contribution in [3.8, 4) is 5.69 Å². The van der Waals surface area contributed by atoms with E-state index < -0.39 is 17.7 Å². The number of amides is 1. The maximum atomic E-state index is 12.3. The molecule has 1 aliphatic heterocycles. The van der Waals surface area contributed by atoms with Crippen molar-refractivity contribution in [1.82, 2.24) is 14.7 Å². The van der Waals surface area contributed by atoms with Crippen LogP contribution in [0.3, 0.4) is 0 Å². The van der Waals surface area contributed by atoms with Gasteiger partial charge in [-0.25, -0.2) is 14.3 Å². The van der Waals surface area contributed by atoms with Crippen LogP contribution in [0.25, 0.3) is 5.69 Å². The number of aromatic carboxylic acids is 1. The van der Waals surface area contributed by atoms with E-state index in [0.29, 0.717) is 18.5 Å². The predicted octanol–water partition coefficient (Wildman–Crippen LogP) is 3.63. The highest BCUT2D eigenvalue weighted by atomic mass is 79.9. The molecule has 0 atom stereocenters. The van der Waals surface area contributed by atoms with E-state index in [2.05, 4.69) is 21.0 Å². The Hall–Kier alpha value is -2.35. The Morgan fingerprint density at radius 2 is 1.88 bits per heavy atom. The second-order valence-electron chi connectivity index (χ2n) is 7.12. The molecule has 138 valence electrons. The highest BCUT2D eigenvalue weighted by molar-refractivity contribution is 9.10. The largest absolute Gasteiger partial charge is 0.476 e. The summed E-state index contributed by atoms with van der Waals surface area (Å²) in [6.45, 7) is 6.02. The lowest BCUT2D eigenvalue weighted by Crippen LogP contribution is -2.40. The number of halogens is 1. The van der Waals surface area contributed by atoms with E-state index in [4.69, 9.17) is 4.74 Å². The first-order chi connectivity index (χ1) is 12.2. The lowest BCUT2D eigenvalue weighted by atomic mass is 10.1. The number of carboxylic acid groups (broad SMARTS) is 1. The third kappa shape index (κ3) is 3.75. The zero-order chi connectivity index (χ0) is 19.1. The first-order valence-electron chi connectivity index (χ1n) is 8.23. The number of benzene rings is 1. The van der Waals surface area contributed by atoms with E-state index in [1.165, 1.54) is 4.90 Å². The summed E-state index contributed by atoms with van der Waals surface area (Å²) >= 11 is 3.39. The highest BCUT2D eigenvalue weighted by Gasteiger charge is 2.32. The van der Waals surface area contributed by atoms with Crippen LogP contribution < -0.4 is 0 Å². The predicted molar refractivity (Wildman–Crippen MR) is 98.6 cm³/mol. The van der Waals surface area contributed by atoms with Gasteiger partial charge in [0.15, 0.2) is 5.69 Å². The molecule has 1 aromatic carbocycles. The highest BCUT2D eigenvalue weighted by Crippen LogP contribution is 2.27. The van der Waals surface area contributed by atoms with Gasteiger partial charge >= 0.3 is 12.1 Å². The molecular weight excluding hydrogens is 402 g/mol. The van der Waals surface area contributed by atoms with Crippen molar-refractivity contribution in [3.63, 3.8) is 0 Å². The summed E-state index contributed by atoms with van der Waals surface area (Å²) in [5.74, 6) is -1.11. The molecule has 0 unspecified atom stereocenters. The van der Waals surface area contributed by atoms with Crippen molar-refractivity contribution < 1.29 is 19.4 Å². The van der Waals surface area contributed by atoms with Crippen molar-refractivity contribution in [3.05, 3.63) is 45.7 Å². The third-order valence-corrected chi connectivity index (χ3v) is 4.51. The summed E-state index contributed by atoms with van der Waals surface area (Å²) in [4.78, 5) is 25.5. The van der Waals surface area contributed by atoms with E-state index in [-0.39, 0.29) is 12.2 Å². The lowest BCUT2D eigenvalue weighted by molar-refractivity contribution is 0.0221. The average Bonchev–Trinajstić information content (AvgIpc) is 2.93. The summed E-state index contributed by atoms with van der Waals surface area (Å²) in [6.07, 6.45) is 0.0566. The molecule has 8 heteroatoms. The van der Waals surface area contributed by atoms with Crippen molar-refractivity contribution in [1.29, 1.82) is 0 Å². The summed E-state index contributed by atoms with van der Waals surface area (Å²) in [7, 11) is 0. The van der Waals surface area contributed by atoms with Crippen molar-refractivity contribution in [2.24, 2.45) is 0 Å². The number of nitrogens with zero attached hydrogens (tertiary/aromatic N) is 3. The quantitative estimate of drug-likeness (QED) is 0.799. The minimum atomic E-state index is -1.11. The first-order valence-corrected chi connectivity index (χ1v) is 9.03. The molecule has 0 saturated heterocycles. The molecule has 2 heterocycles. The van der Waals surface area contributed by atoms with Gasteiger partial charge in [0.25, 0.3) is 0 Å². The molecule has 1 aromatic heterocycles. The van der Waals surface area contributed by atoms with Crippen LogP contribution in [0.15, 0.2) is 28.7 Å². The molecule has 0 radical (unpaired) electrons. The zero-order valence-electron chi connectivity index (χ0n) is 14.8. The van der Waals surface area contributed by atoms with Crippen LogP contribution in [-0.4, -0.2) is 44.0 Å². The van der Waals surface area contributed by atoms with Gasteiger partial charge in [-0.2, -0.15) is 5.10 Å². The molecule has 0 spiro atoms. The second kappa shape index (κ2) is 6.75. The minimum absolute atomic E-state index is 0.0313. The van der Waals surface area contributed by atoms with Crippen molar-refractivity contribution >= 4 is 28.0 Å². The molecule has 0 aliphatic carbocycles. The number of hydrogen-bond acceptors (Lipinski definition) is 4. The van der Waals surface area contributed by atoms with Crippen molar-refractivity contribution in [2.45, 2.75) is 39.3 Å². The standard InChI is InChI=1S/C18H20BrN3O4/c1-18(2,3)26-17(25)21-9-8-14-13(10-21)15(16(23)24)20-22(14)12-6-4-11(19)5-7-12/h4-7H,8-10H2,1-3H3,(H,23,24). The molecule has 1 amide bonds. The van der Waals surface area contributed by atoms with Crippen molar-refractivity contribution in [2.75, 3.05) is 6.54 Å². The van der Waals surface area contributed by atoms with Gasteiger partial charge in [0.05, 0.1) is 17.9 Å².